The Bertz CT molecular complexity index is 1140. The molecule has 140 valence electrons. The number of carboxylic acids is 1. The maximum Gasteiger partial charge on any atom is 0.335 e. The van der Waals surface area contributed by atoms with Crippen LogP contribution < -0.4 is 4.90 Å². The summed E-state index contributed by atoms with van der Waals surface area (Å²) in [7, 11) is -1.61. The van der Waals surface area contributed by atoms with Crippen molar-refractivity contribution in [1.29, 1.82) is 0 Å². The van der Waals surface area contributed by atoms with Crippen LogP contribution in [0.1, 0.15) is 26.3 Å². The SMILES string of the molecule is O=C(O)c1ccc2c(c1)N(Cc1cccc(Cl)c1)C(=O)c1ccccc1[S@@]2=O. The summed E-state index contributed by atoms with van der Waals surface area (Å²) >= 11 is 6.07. The van der Waals surface area contributed by atoms with Crippen molar-refractivity contribution < 1.29 is 18.9 Å². The maximum absolute atomic E-state index is 13.3. The van der Waals surface area contributed by atoms with Crippen molar-refractivity contribution in [1.82, 2.24) is 0 Å². The quantitative estimate of drug-likeness (QED) is 0.694. The first-order valence-electron chi connectivity index (χ1n) is 8.40. The van der Waals surface area contributed by atoms with Crippen LogP contribution in [-0.4, -0.2) is 21.2 Å². The van der Waals surface area contributed by atoms with Crippen LogP contribution in [0.4, 0.5) is 5.69 Å². The first kappa shape index (κ1) is 18.4. The molecule has 28 heavy (non-hydrogen) atoms. The van der Waals surface area contributed by atoms with Crippen LogP contribution in [0.5, 0.6) is 0 Å². The average molecular weight is 412 g/mol. The molecule has 3 aromatic rings. The minimum absolute atomic E-state index is 0.0191. The summed E-state index contributed by atoms with van der Waals surface area (Å²) in [5, 5.41) is 9.91. The summed E-state index contributed by atoms with van der Waals surface area (Å²) in [4.78, 5) is 27.1. The fourth-order valence-electron chi connectivity index (χ4n) is 3.17. The molecule has 1 atom stereocenters. The molecule has 1 N–H and O–H groups in total. The van der Waals surface area contributed by atoms with Crippen molar-refractivity contribution in [2.45, 2.75) is 16.3 Å². The van der Waals surface area contributed by atoms with Crippen LogP contribution in [0.2, 0.25) is 5.02 Å². The van der Waals surface area contributed by atoms with Gasteiger partial charge in [0.2, 0.25) is 0 Å². The van der Waals surface area contributed by atoms with E-state index in [4.69, 9.17) is 11.6 Å². The van der Waals surface area contributed by atoms with Gasteiger partial charge in [-0.05, 0) is 48.0 Å². The molecular formula is C21H14ClNO4S. The number of anilines is 1. The Morgan fingerprint density at radius 2 is 1.79 bits per heavy atom. The zero-order chi connectivity index (χ0) is 19.8. The van der Waals surface area contributed by atoms with Gasteiger partial charge in [0.1, 0.15) is 0 Å². The third-order valence-electron chi connectivity index (χ3n) is 4.49. The Kier molecular flexibility index (Phi) is 4.75. The summed E-state index contributed by atoms with van der Waals surface area (Å²) in [6, 6.07) is 18.1. The molecule has 0 fully saturated rings. The normalized spacial score (nSPS) is 15.5. The highest BCUT2D eigenvalue weighted by molar-refractivity contribution is 7.85. The van der Waals surface area contributed by atoms with E-state index in [-0.39, 0.29) is 18.0 Å². The molecule has 1 heterocycles. The second-order valence-corrected chi connectivity index (χ2v) is 8.13. The Morgan fingerprint density at radius 1 is 1.00 bits per heavy atom. The van der Waals surface area contributed by atoms with Crippen molar-refractivity contribution in [3.63, 3.8) is 0 Å². The molecule has 4 rings (SSSR count). The van der Waals surface area contributed by atoms with Crippen LogP contribution in [0.15, 0.2) is 76.5 Å². The molecule has 0 aliphatic carbocycles. The number of carbonyl (C=O) groups excluding carboxylic acids is 1. The number of hydrogen-bond donors (Lipinski definition) is 1. The van der Waals surface area contributed by atoms with E-state index in [0.29, 0.717) is 26.1 Å². The van der Waals surface area contributed by atoms with Crippen LogP contribution in [0, 0.1) is 0 Å². The van der Waals surface area contributed by atoms with E-state index in [2.05, 4.69) is 0 Å². The second-order valence-electron chi connectivity index (χ2n) is 6.27. The molecular weight excluding hydrogens is 398 g/mol. The van der Waals surface area contributed by atoms with E-state index in [0.717, 1.165) is 5.56 Å². The van der Waals surface area contributed by atoms with Crippen LogP contribution in [0.3, 0.4) is 0 Å². The van der Waals surface area contributed by atoms with Crippen LogP contribution >= 0.6 is 11.6 Å². The van der Waals surface area contributed by atoms with Crippen molar-refractivity contribution >= 4 is 40.0 Å². The molecule has 0 bridgehead atoms. The monoisotopic (exact) mass is 411 g/mol. The summed E-state index contributed by atoms with van der Waals surface area (Å²) in [6.45, 7) is 0.168. The Balaban J connectivity index is 1.93. The van der Waals surface area contributed by atoms with Gasteiger partial charge in [0.15, 0.2) is 0 Å². The summed E-state index contributed by atoms with van der Waals surface area (Å²) in [5.41, 5.74) is 1.44. The standard InChI is InChI=1S/C21H14ClNO4S/c22-15-5-3-4-13(10-15)12-23-17-11-14(21(25)26)8-9-19(17)28(27)18-7-2-1-6-16(18)20(23)24/h1-11H,12H2,(H,25,26)/t28-/m0/s1. The van der Waals surface area contributed by atoms with E-state index >= 15 is 0 Å². The highest BCUT2D eigenvalue weighted by atomic mass is 35.5. The second kappa shape index (κ2) is 7.22. The third kappa shape index (κ3) is 3.21. The van der Waals surface area contributed by atoms with Gasteiger partial charge in [0.25, 0.3) is 5.91 Å². The lowest BCUT2D eigenvalue weighted by Crippen LogP contribution is -2.30. The summed E-state index contributed by atoms with van der Waals surface area (Å²) in [6.07, 6.45) is 0. The van der Waals surface area contributed by atoms with Crippen molar-refractivity contribution in [3.05, 3.63) is 88.4 Å². The smallest absolute Gasteiger partial charge is 0.335 e. The van der Waals surface area contributed by atoms with Crippen LogP contribution in [0.25, 0.3) is 0 Å². The Labute approximate surface area is 168 Å². The van der Waals surface area contributed by atoms with Crippen LogP contribution in [-0.2, 0) is 17.3 Å². The zero-order valence-corrected chi connectivity index (χ0v) is 16.0. The molecule has 5 nitrogen and oxygen atoms in total. The van der Waals surface area contributed by atoms with Gasteiger partial charge in [-0.1, -0.05) is 35.9 Å². The van der Waals surface area contributed by atoms with Gasteiger partial charge in [-0.25, -0.2) is 9.00 Å². The van der Waals surface area contributed by atoms with Gasteiger partial charge >= 0.3 is 5.97 Å². The van der Waals surface area contributed by atoms with E-state index in [1.54, 1.807) is 42.5 Å². The van der Waals surface area contributed by atoms with Gasteiger partial charge in [-0.3, -0.25) is 4.79 Å². The maximum atomic E-state index is 13.3. The number of hydrogen-bond acceptors (Lipinski definition) is 3. The molecule has 1 aliphatic rings. The van der Waals surface area contributed by atoms with Gasteiger partial charge in [0.05, 0.1) is 43.9 Å². The number of carbonyl (C=O) groups is 2. The lowest BCUT2D eigenvalue weighted by atomic mass is 10.1. The average Bonchev–Trinajstić information content (AvgIpc) is 2.78. The fraction of sp³-hybridized carbons (Fsp3) is 0.0476. The minimum Gasteiger partial charge on any atom is -0.478 e. The molecule has 0 aromatic heterocycles. The first-order valence-corrected chi connectivity index (χ1v) is 9.93. The van der Waals surface area contributed by atoms with E-state index in [9.17, 15) is 18.9 Å². The summed E-state index contributed by atoms with van der Waals surface area (Å²) < 4.78 is 13.2. The molecule has 0 radical (unpaired) electrons. The number of amides is 1. The van der Waals surface area contributed by atoms with E-state index < -0.39 is 16.8 Å². The number of rotatable bonds is 3. The van der Waals surface area contributed by atoms with E-state index in [1.807, 2.05) is 6.07 Å². The van der Waals surface area contributed by atoms with Gasteiger partial charge < -0.3 is 10.0 Å². The lowest BCUT2D eigenvalue weighted by Gasteiger charge is -2.23. The van der Waals surface area contributed by atoms with Crippen molar-refractivity contribution in [2.24, 2.45) is 0 Å². The minimum atomic E-state index is -1.61. The van der Waals surface area contributed by atoms with Crippen molar-refractivity contribution in [3.8, 4) is 0 Å². The molecule has 1 aliphatic heterocycles. The predicted octanol–water partition coefficient (Wildman–Crippen LogP) is 4.37. The number of halogens is 1. The molecule has 0 unspecified atom stereocenters. The predicted molar refractivity (Wildman–Crippen MR) is 106 cm³/mol. The number of aromatic carboxylic acids is 1. The molecule has 0 spiro atoms. The number of benzene rings is 3. The Hall–Kier alpha value is -2.96. The fourth-order valence-corrected chi connectivity index (χ4v) is 4.73. The number of fused-ring (bicyclic) bond motifs is 2. The van der Waals surface area contributed by atoms with Gasteiger partial charge in [-0.15, -0.1) is 0 Å². The van der Waals surface area contributed by atoms with E-state index in [1.165, 1.54) is 23.1 Å². The molecule has 3 aromatic carbocycles. The van der Waals surface area contributed by atoms with Gasteiger partial charge in [0, 0.05) is 5.02 Å². The molecule has 1 amide bonds. The summed E-state index contributed by atoms with van der Waals surface area (Å²) in [5.74, 6) is -1.46. The topological polar surface area (TPSA) is 74.7 Å². The third-order valence-corrected chi connectivity index (χ3v) is 6.22. The van der Waals surface area contributed by atoms with Gasteiger partial charge in [-0.2, -0.15) is 0 Å². The zero-order valence-electron chi connectivity index (χ0n) is 14.5. The molecule has 0 saturated heterocycles. The lowest BCUT2D eigenvalue weighted by molar-refractivity contribution is 0.0696. The number of nitrogens with zero attached hydrogens (tertiary/aromatic N) is 1. The largest absolute Gasteiger partial charge is 0.478 e. The Morgan fingerprint density at radius 3 is 2.54 bits per heavy atom. The highest BCUT2D eigenvalue weighted by Gasteiger charge is 2.31. The number of carboxylic acid groups (broad SMARTS) is 1. The van der Waals surface area contributed by atoms with Crippen molar-refractivity contribution in [2.75, 3.05) is 4.90 Å². The highest BCUT2D eigenvalue weighted by Crippen LogP contribution is 2.36. The molecule has 0 saturated carbocycles. The first-order chi connectivity index (χ1) is 13.5. The molecule has 7 heteroatoms.